The van der Waals surface area contributed by atoms with E-state index in [-0.39, 0.29) is 0 Å². The van der Waals surface area contributed by atoms with Gasteiger partial charge in [-0.3, -0.25) is 0 Å². The number of fused-ring (bicyclic) bond motifs is 1. The van der Waals surface area contributed by atoms with E-state index >= 15 is 0 Å². The van der Waals surface area contributed by atoms with Crippen molar-refractivity contribution < 1.29 is 0 Å². The number of aryl methyl sites for hydroxylation is 1. The molecule has 0 radical (unpaired) electrons. The first-order chi connectivity index (χ1) is 4.86. The zero-order valence-electron chi connectivity index (χ0n) is 5.26. The highest BCUT2D eigenvalue weighted by molar-refractivity contribution is 5.18. The largest absolute Gasteiger partial charge is 0.290 e. The Labute approximate surface area is 55.9 Å². The van der Waals surface area contributed by atoms with E-state index in [4.69, 9.17) is 0 Å². The van der Waals surface area contributed by atoms with Gasteiger partial charge in [0.15, 0.2) is 5.82 Å². The van der Waals surface area contributed by atoms with Crippen LogP contribution in [0, 0.1) is 6.92 Å². The molecule has 0 aliphatic rings. The minimum absolute atomic E-state index is 0.422. The van der Waals surface area contributed by atoms with Gasteiger partial charge in [-0.2, -0.15) is 4.52 Å². The van der Waals surface area contributed by atoms with Crippen molar-refractivity contribution >= 4 is 5.78 Å². The summed E-state index contributed by atoms with van der Waals surface area (Å²) < 4.78 is 1.47. The normalized spacial score (nSPS) is 10.5. The van der Waals surface area contributed by atoms with E-state index in [1.54, 1.807) is 6.92 Å². The standard InChI is InChI=1S/C4H4N6/c1-3-6-8-4-7-5-2-10(4)9-3/h2H,1H3. The maximum absolute atomic E-state index is 3.95. The average Bonchev–Trinajstić information content (AvgIpc) is 2.33. The molecule has 0 saturated carbocycles. The minimum atomic E-state index is 0.422. The van der Waals surface area contributed by atoms with E-state index in [9.17, 15) is 0 Å². The van der Waals surface area contributed by atoms with Crippen LogP contribution < -0.4 is 0 Å². The predicted molar refractivity (Wildman–Crippen MR) is 31.1 cm³/mol. The van der Waals surface area contributed by atoms with Crippen molar-refractivity contribution in [3.05, 3.63) is 12.2 Å². The molecule has 0 N–H and O–H groups in total. The van der Waals surface area contributed by atoms with Gasteiger partial charge in [0.05, 0.1) is 0 Å². The van der Waals surface area contributed by atoms with Crippen LogP contribution in [-0.4, -0.2) is 30.0 Å². The molecule has 50 valence electrons. The summed E-state index contributed by atoms with van der Waals surface area (Å²) in [6, 6.07) is 0. The highest BCUT2D eigenvalue weighted by Gasteiger charge is 1.96. The zero-order chi connectivity index (χ0) is 6.97. The summed E-state index contributed by atoms with van der Waals surface area (Å²) in [6.07, 6.45) is 1.48. The molecule has 6 heteroatoms. The molecule has 0 aliphatic carbocycles. The Bertz CT molecular complexity index is 351. The molecule has 2 rings (SSSR count). The van der Waals surface area contributed by atoms with Gasteiger partial charge < -0.3 is 0 Å². The molecular weight excluding hydrogens is 132 g/mol. The second-order valence-corrected chi connectivity index (χ2v) is 1.82. The van der Waals surface area contributed by atoms with Gasteiger partial charge in [0.1, 0.15) is 6.33 Å². The maximum Gasteiger partial charge on any atom is 0.290 e. The van der Waals surface area contributed by atoms with Gasteiger partial charge in [-0.25, -0.2) is 0 Å². The molecular formula is C4H4N6. The lowest BCUT2D eigenvalue weighted by atomic mass is 10.8. The Morgan fingerprint density at radius 2 is 2.20 bits per heavy atom. The Balaban J connectivity index is 2.86. The summed E-state index contributed by atoms with van der Waals surface area (Å²) in [4.78, 5) is 0. The topological polar surface area (TPSA) is 68.9 Å². The molecule has 2 aromatic rings. The van der Waals surface area contributed by atoms with Gasteiger partial charge >= 0.3 is 0 Å². The number of nitrogens with zero attached hydrogens (tertiary/aromatic N) is 6. The number of hydrogen-bond acceptors (Lipinski definition) is 5. The third-order valence-electron chi connectivity index (χ3n) is 1.05. The lowest BCUT2D eigenvalue weighted by molar-refractivity contribution is 0.782. The second kappa shape index (κ2) is 1.69. The zero-order valence-corrected chi connectivity index (χ0v) is 5.26. The van der Waals surface area contributed by atoms with Crippen LogP contribution in [0.1, 0.15) is 5.82 Å². The van der Waals surface area contributed by atoms with Crippen molar-refractivity contribution in [3.63, 3.8) is 0 Å². The molecule has 0 bridgehead atoms. The molecule has 6 nitrogen and oxygen atoms in total. The lowest BCUT2D eigenvalue weighted by Crippen LogP contribution is -1.99. The van der Waals surface area contributed by atoms with Crippen LogP contribution in [0.25, 0.3) is 5.78 Å². The molecule has 2 heterocycles. The predicted octanol–water partition coefficient (Wildman–Crippen LogP) is -0.777. The van der Waals surface area contributed by atoms with E-state index in [0.717, 1.165) is 0 Å². The lowest BCUT2D eigenvalue weighted by Gasteiger charge is -1.87. The van der Waals surface area contributed by atoms with Crippen molar-refractivity contribution in [1.29, 1.82) is 0 Å². The Kier molecular flexibility index (Phi) is 0.883. The first-order valence-electron chi connectivity index (χ1n) is 2.73. The first-order valence-corrected chi connectivity index (χ1v) is 2.73. The molecule has 0 saturated heterocycles. The van der Waals surface area contributed by atoms with Gasteiger partial charge in [0.2, 0.25) is 0 Å². The van der Waals surface area contributed by atoms with Crippen LogP contribution in [0.2, 0.25) is 0 Å². The molecule has 0 fully saturated rings. The van der Waals surface area contributed by atoms with Crippen LogP contribution in [0.15, 0.2) is 6.33 Å². The molecule has 10 heavy (non-hydrogen) atoms. The fraction of sp³-hybridized carbons (Fsp3) is 0.250. The van der Waals surface area contributed by atoms with Gasteiger partial charge in [-0.1, -0.05) is 0 Å². The Morgan fingerprint density at radius 3 is 3.10 bits per heavy atom. The van der Waals surface area contributed by atoms with Gasteiger partial charge in [0, 0.05) is 0 Å². The number of aromatic nitrogens is 6. The van der Waals surface area contributed by atoms with Crippen molar-refractivity contribution in [1.82, 2.24) is 30.0 Å². The highest BCUT2D eigenvalue weighted by Crippen LogP contribution is 1.86. The van der Waals surface area contributed by atoms with E-state index in [2.05, 4.69) is 25.5 Å². The Morgan fingerprint density at radius 1 is 1.30 bits per heavy atom. The Hall–Kier alpha value is -1.59. The molecule has 0 atom stereocenters. The maximum atomic E-state index is 3.95. The molecule has 0 aliphatic heterocycles. The number of rotatable bonds is 0. The van der Waals surface area contributed by atoms with Crippen LogP contribution >= 0.6 is 0 Å². The molecule has 0 spiro atoms. The number of hydrogen-bond donors (Lipinski definition) is 0. The summed E-state index contributed by atoms with van der Waals surface area (Å²) in [5, 5.41) is 18.6. The monoisotopic (exact) mass is 136 g/mol. The fourth-order valence-electron chi connectivity index (χ4n) is 0.653. The van der Waals surface area contributed by atoms with E-state index in [1.807, 2.05) is 0 Å². The van der Waals surface area contributed by atoms with Crippen molar-refractivity contribution in [2.75, 3.05) is 0 Å². The SMILES string of the molecule is Cc1nnc2nncn2n1. The van der Waals surface area contributed by atoms with Gasteiger partial charge in [-0.15, -0.1) is 25.5 Å². The fourth-order valence-corrected chi connectivity index (χ4v) is 0.653. The third-order valence-corrected chi connectivity index (χ3v) is 1.05. The second-order valence-electron chi connectivity index (χ2n) is 1.82. The minimum Gasteiger partial charge on any atom is -0.181 e. The van der Waals surface area contributed by atoms with E-state index in [0.29, 0.717) is 11.6 Å². The highest BCUT2D eigenvalue weighted by atomic mass is 15.4. The molecule has 0 amide bonds. The third kappa shape index (κ3) is 0.619. The van der Waals surface area contributed by atoms with Crippen LogP contribution in [0.4, 0.5) is 0 Å². The summed E-state index contributed by atoms with van der Waals surface area (Å²) in [5.74, 6) is 1.03. The molecule has 0 unspecified atom stereocenters. The summed E-state index contributed by atoms with van der Waals surface area (Å²) in [6.45, 7) is 1.76. The summed E-state index contributed by atoms with van der Waals surface area (Å²) in [5.41, 5.74) is 0. The smallest absolute Gasteiger partial charge is 0.181 e. The quantitative estimate of drug-likeness (QED) is 0.475. The van der Waals surface area contributed by atoms with Crippen molar-refractivity contribution in [2.45, 2.75) is 6.92 Å². The average molecular weight is 136 g/mol. The molecule has 2 aromatic heterocycles. The van der Waals surface area contributed by atoms with Crippen LogP contribution in [-0.2, 0) is 0 Å². The molecule has 0 aromatic carbocycles. The first kappa shape index (κ1) is 5.21. The van der Waals surface area contributed by atoms with Crippen LogP contribution in [0.3, 0.4) is 0 Å². The van der Waals surface area contributed by atoms with Crippen molar-refractivity contribution in [2.24, 2.45) is 0 Å². The van der Waals surface area contributed by atoms with E-state index < -0.39 is 0 Å². The summed E-state index contributed by atoms with van der Waals surface area (Å²) in [7, 11) is 0. The van der Waals surface area contributed by atoms with Gasteiger partial charge in [0.25, 0.3) is 5.78 Å². The van der Waals surface area contributed by atoms with Crippen LogP contribution in [0.5, 0.6) is 0 Å². The summed E-state index contributed by atoms with van der Waals surface area (Å²) >= 11 is 0. The van der Waals surface area contributed by atoms with Gasteiger partial charge in [-0.05, 0) is 6.92 Å². The van der Waals surface area contributed by atoms with E-state index in [1.165, 1.54) is 10.8 Å². The van der Waals surface area contributed by atoms with Crippen molar-refractivity contribution in [3.8, 4) is 0 Å².